The molecule has 3 saturated heterocycles. The highest BCUT2D eigenvalue weighted by molar-refractivity contribution is 5.89. The molecular weight excluding hydrogens is 344 g/mol. The molecule has 0 radical (unpaired) electrons. The van der Waals surface area contributed by atoms with E-state index in [9.17, 15) is 9.59 Å². The fourth-order valence-electron chi connectivity index (χ4n) is 4.30. The van der Waals surface area contributed by atoms with E-state index in [1.54, 1.807) is 0 Å². The molecule has 3 heterocycles. The molecule has 146 valence electrons. The number of likely N-dealkylation sites (tertiary alicyclic amines) is 2. The van der Waals surface area contributed by atoms with Crippen LogP contribution in [-0.2, 0) is 25.6 Å². The third-order valence-electron chi connectivity index (χ3n) is 5.94. The van der Waals surface area contributed by atoms with E-state index in [4.69, 9.17) is 9.47 Å². The third-order valence-corrected chi connectivity index (χ3v) is 5.94. The van der Waals surface area contributed by atoms with Gasteiger partial charge in [-0.3, -0.25) is 9.59 Å². The van der Waals surface area contributed by atoms with Crippen molar-refractivity contribution in [2.75, 3.05) is 32.8 Å². The van der Waals surface area contributed by atoms with E-state index < -0.39 is 0 Å². The van der Waals surface area contributed by atoms with Crippen molar-refractivity contribution in [1.29, 1.82) is 0 Å². The lowest BCUT2D eigenvalue weighted by atomic mass is 9.95. The van der Waals surface area contributed by atoms with Gasteiger partial charge in [-0.05, 0) is 25.3 Å². The summed E-state index contributed by atoms with van der Waals surface area (Å²) in [7, 11) is 0. The molecule has 0 saturated carbocycles. The van der Waals surface area contributed by atoms with Crippen LogP contribution >= 0.6 is 0 Å². The number of piperidine rings is 1. The van der Waals surface area contributed by atoms with Gasteiger partial charge < -0.3 is 19.3 Å². The maximum absolute atomic E-state index is 12.9. The normalized spacial score (nSPS) is 24.8. The van der Waals surface area contributed by atoms with Crippen molar-refractivity contribution in [3.05, 3.63) is 35.4 Å². The van der Waals surface area contributed by atoms with Gasteiger partial charge in [-0.25, -0.2) is 0 Å². The Morgan fingerprint density at radius 2 is 1.78 bits per heavy atom. The minimum absolute atomic E-state index is 0.0802. The van der Waals surface area contributed by atoms with Gasteiger partial charge in [-0.2, -0.15) is 0 Å². The first-order valence-electron chi connectivity index (χ1n) is 9.95. The molecule has 3 aliphatic heterocycles. The Labute approximate surface area is 160 Å². The van der Waals surface area contributed by atoms with Crippen molar-refractivity contribution in [3.63, 3.8) is 0 Å². The molecular formula is C21H28N2O4. The van der Waals surface area contributed by atoms with E-state index in [2.05, 4.69) is 24.3 Å². The van der Waals surface area contributed by atoms with Gasteiger partial charge in [-0.1, -0.05) is 29.8 Å². The standard InChI is InChI=1S/C21H28N2O4/c1-15-2-4-16(5-3-15)13-23-14-18(12-19(23)24)20(25)22-8-6-17(7-9-22)21-26-10-11-27-21/h2-5,17-18,21H,6-14H2,1H3. The maximum Gasteiger partial charge on any atom is 0.227 e. The largest absolute Gasteiger partial charge is 0.350 e. The quantitative estimate of drug-likeness (QED) is 0.811. The Hall–Kier alpha value is -1.92. The van der Waals surface area contributed by atoms with Gasteiger partial charge in [0.05, 0.1) is 19.1 Å². The van der Waals surface area contributed by atoms with Gasteiger partial charge in [0, 0.05) is 38.5 Å². The van der Waals surface area contributed by atoms with Crippen LogP contribution < -0.4 is 0 Å². The molecule has 6 heteroatoms. The zero-order valence-electron chi connectivity index (χ0n) is 15.9. The van der Waals surface area contributed by atoms with E-state index in [0.717, 1.165) is 31.5 Å². The van der Waals surface area contributed by atoms with E-state index in [1.165, 1.54) is 5.56 Å². The lowest BCUT2D eigenvalue weighted by Crippen LogP contribution is -2.44. The van der Waals surface area contributed by atoms with Gasteiger partial charge in [0.25, 0.3) is 0 Å². The van der Waals surface area contributed by atoms with Gasteiger partial charge in [0.1, 0.15) is 0 Å². The number of hydrogen-bond donors (Lipinski definition) is 0. The van der Waals surface area contributed by atoms with E-state index >= 15 is 0 Å². The van der Waals surface area contributed by atoms with E-state index in [1.807, 2.05) is 16.7 Å². The van der Waals surface area contributed by atoms with Crippen molar-refractivity contribution in [3.8, 4) is 0 Å². The molecule has 3 aliphatic rings. The molecule has 1 atom stereocenters. The highest BCUT2D eigenvalue weighted by atomic mass is 16.7. The molecule has 3 fully saturated rings. The second kappa shape index (κ2) is 7.98. The first kappa shape index (κ1) is 18.4. The molecule has 0 N–H and O–H groups in total. The van der Waals surface area contributed by atoms with Crippen LogP contribution in [-0.4, -0.2) is 60.8 Å². The van der Waals surface area contributed by atoms with Crippen LogP contribution in [0.25, 0.3) is 0 Å². The number of amides is 2. The zero-order valence-corrected chi connectivity index (χ0v) is 15.9. The summed E-state index contributed by atoms with van der Waals surface area (Å²) in [6, 6.07) is 8.21. The Kier molecular flexibility index (Phi) is 5.45. The zero-order chi connectivity index (χ0) is 18.8. The molecule has 0 aromatic heterocycles. The summed E-state index contributed by atoms with van der Waals surface area (Å²) in [4.78, 5) is 29.0. The number of aryl methyl sites for hydroxylation is 1. The fraction of sp³-hybridized carbons (Fsp3) is 0.619. The predicted octanol–water partition coefficient (Wildman–Crippen LogP) is 1.96. The molecule has 6 nitrogen and oxygen atoms in total. The summed E-state index contributed by atoms with van der Waals surface area (Å²) >= 11 is 0. The van der Waals surface area contributed by atoms with Crippen LogP contribution in [0.15, 0.2) is 24.3 Å². The summed E-state index contributed by atoms with van der Waals surface area (Å²) in [5.41, 5.74) is 2.32. The third kappa shape index (κ3) is 4.17. The fourth-order valence-corrected chi connectivity index (χ4v) is 4.30. The molecule has 27 heavy (non-hydrogen) atoms. The molecule has 1 aromatic rings. The van der Waals surface area contributed by atoms with Gasteiger partial charge in [0.2, 0.25) is 11.8 Å². The van der Waals surface area contributed by atoms with Gasteiger partial charge in [0.15, 0.2) is 6.29 Å². The number of hydrogen-bond acceptors (Lipinski definition) is 4. The monoisotopic (exact) mass is 372 g/mol. The maximum atomic E-state index is 12.9. The van der Waals surface area contributed by atoms with Gasteiger partial charge in [-0.15, -0.1) is 0 Å². The molecule has 4 rings (SSSR count). The number of carbonyl (C=O) groups is 2. The molecule has 2 amide bonds. The van der Waals surface area contributed by atoms with Gasteiger partial charge >= 0.3 is 0 Å². The lowest BCUT2D eigenvalue weighted by molar-refractivity contribution is -0.140. The molecule has 0 bridgehead atoms. The summed E-state index contributed by atoms with van der Waals surface area (Å²) in [5.74, 6) is 0.372. The Morgan fingerprint density at radius 1 is 1.11 bits per heavy atom. The van der Waals surface area contributed by atoms with Crippen molar-refractivity contribution >= 4 is 11.8 Å². The van der Waals surface area contributed by atoms with Crippen LogP contribution in [0.3, 0.4) is 0 Å². The molecule has 0 spiro atoms. The molecule has 0 aliphatic carbocycles. The van der Waals surface area contributed by atoms with E-state index in [-0.39, 0.29) is 24.0 Å². The van der Waals surface area contributed by atoms with Crippen molar-refractivity contribution < 1.29 is 19.1 Å². The second-order valence-electron chi connectivity index (χ2n) is 7.93. The van der Waals surface area contributed by atoms with Crippen molar-refractivity contribution in [2.45, 2.75) is 39.0 Å². The van der Waals surface area contributed by atoms with Crippen LogP contribution in [0.2, 0.25) is 0 Å². The predicted molar refractivity (Wildman–Crippen MR) is 99.7 cm³/mol. The lowest BCUT2D eigenvalue weighted by Gasteiger charge is -2.35. The number of ether oxygens (including phenoxy) is 2. The first-order chi connectivity index (χ1) is 13.1. The van der Waals surface area contributed by atoms with Crippen LogP contribution in [0.4, 0.5) is 0 Å². The minimum atomic E-state index is -0.210. The Balaban J connectivity index is 1.29. The summed E-state index contributed by atoms with van der Waals surface area (Å²) in [5, 5.41) is 0. The Morgan fingerprint density at radius 3 is 2.44 bits per heavy atom. The highest BCUT2D eigenvalue weighted by Gasteiger charge is 2.38. The van der Waals surface area contributed by atoms with Crippen LogP contribution in [0, 0.1) is 18.8 Å². The number of carbonyl (C=O) groups excluding carboxylic acids is 2. The minimum Gasteiger partial charge on any atom is -0.350 e. The van der Waals surface area contributed by atoms with E-state index in [0.29, 0.717) is 38.6 Å². The number of rotatable bonds is 4. The average Bonchev–Trinajstić information content (AvgIpc) is 3.34. The molecule has 1 aromatic carbocycles. The topological polar surface area (TPSA) is 59.1 Å². The van der Waals surface area contributed by atoms with Crippen molar-refractivity contribution in [2.24, 2.45) is 11.8 Å². The van der Waals surface area contributed by atoms with Crippen LogP contribution in [0.5, 0.6) is 0 Å². The number of benzene rings is 1. The Bertz CT molecular complexity index is 676. The summed E-state index contributed by atoms with van der Waals surface area (Å²) in [6.45, 7) is 5.97. The second-order valence-corrected chi connectivity index (χ2v) is 7.93. The van der Waals surface area contributed by atoms with Crippen LogP contribution in [0.1, 0.15) is 30.4 Å². The smallest absolute Gasteiger partial charge is 0.227 e. The highest BCUT2D eigenvalue weighted by Crippen LogP contribution is 2.28. The summed E-state index contributed by atoms with van der Waals surface area (Å²) < 4.78 is 11.2. The van der Waals surface area contributed by atoms with Crippen molar-refractivity contribution in [1.82, 2.24) is 9.80 Å². The number of nitrogens with zero attached hydrogens (tertiary/aromatic N) is 2. The average molecular weight is 372 g/mol. The summed E-state index contributed by atoms with van der Waals surface area (Å²) in [6.07, 6.45) is 2.05. The molecule has 1 unspecified atom stereocenters. The first-order valence-corrected chi connectivity index (χ1v) is 9.95. The SMILES string of the molecule is Cc1ccc(CN2CC(C(=O)N3CCC(C4OCCO4)CC3)CC2=O)cc1.